The predicted octanol–water partition coefficient (Wildman–Crippen LogP) is 1.99. The molecule has 0 N–H and O–H groups in total. The summed E-state index contributed by atoms with van der Waals surface area (Å²) in [5.74, 6) is 0. The zero-order chi connectivity index (χ0) is 12.7. The van der Waals surface area contributed by atoms with Gasteiger partial charge in [-0.25, -0.2) is 4.79 Å². The van der Waals surface area contributed by atoms with E-state index in [0.717, 1.165) is 22.3 Å². The lowest BCUT2D eigenvalue weighted by atomic mass is 10.2. The number of aryl methyl sites for hydroxylation is 2. The van der Waals surface area contributed by atoms with Gasteiger partial charge in [-0.1, -0.05) is 0 Å². The number of aromatic nitrogens is 3. The Hall–Kier alpha value is -2.43. The first-order valence-electron chi connectivity index (χ1n) is 5.57. The molecule has 5 heteroatoms. The molecule has 3 aromatic heterocycles. The molecule has 0 aliphatic rings. The lowest BCUT2D eigenvalue weighted by molar-refractivity contribution is 0.534. The molecule has 3 rings (SSSR count). The Morgan fingerprint density at radius 1 is 1.33 bits per heavy atom. The van der Waals surface area contributed by atoms with Gasteiger partial charge in [0.05, 0.1) is 23.0 Å². The Labute approximate surface area is 103 Å². The minimum Gasteiger partial charge on any atom is -0.403 e. The molecule has 0 amide bonds. The normalized spacial score (nSPS) is 11.0. The number of pyridine rings is 1. The highest BCUT2D eigenvalue weighted by atomic mass is 16.4. The molecule has 0 radical (unpaired) electrons. The lowest BCUT2D eigenvalue weighted by Crippen LogP contribution is -2.01. The highest BCUT2D eigenvalue weighted by Crippen LogP contribution is 2.22. The molecule has 90 valence electrons. The number of rotatable bonds is 1. The fraction of sp³-hybridized carbons (Fsp3) is 0.154. The second-order valence-corrected chi connectivity index (χ2v) is 4.14. The monoisotopic (exact) mass is 241 g/mol. The molecule has 18 heavy (non-hydrogen) atoms. The molecule has 0 aliphatic carbocycles. The zero-order valence-corrected chi connectivity index (χ0v) is 10.0. The van der Waals surface area contributed by atoms with Crippen molar-refractivity contribution in [3.63, 3.8) is 0 Å². The Morgan fingerprint density at radius 2 is 2.17 bits per heavy atom. The standard InChI is InChI=1S/C13H11N3O2/c1-8-6-11(17)18-13-12(8)9(2)15-16(13)10-4-3-5-14-7-10/h3-7H,1-2H3. The van der Waals surface area contributed by atoms with Gasteiger partial charge in [-0.2, -0.15) is 9.78 Å². The molecule has 0 saturated heterocycles. The summed E-state index contributed by atoms with van der Waals surface area (Å²) in [4.78, 5) is 15.5. The van der Waals surface area contributed by atoms with Crippen LogP contribution in [0.2, 0.25) is 0 Å². The smallest absolute Gasteiger partial charge is 0.337 e. The summed E-state index contributed by atoms with van der Waals surface area (Å²) in [6, 6.07) is 5.15. The molecule has 0 atom stereocenters. The molecular formula is C13H11N3O2. The van der Waals surface area contributed by atoms with Crippen LogP contribution >= 0.6 is 0 Å². The first-order chi connectivity index (χ1) is 8.66. The van der Waals surface area contributed by atoms with Gasteiger partial charge < -0.3 is 4.42 Å². The van der Waals surface area contributed by atoms with E-state index in [1.807, 2.05) is 26.0 Å². The topological polar surface area (TPSA) is 60.9 Å². The molecule has 0 aliphatic heterocycles. The second kappa shape index (κ2) is 3.80. The van der Waals surface area contributed by atoms with Gasteiger partial charge in [0.2, 0.25) is 5.71 Å². The van der Waals surface area contributed by atoms with E-state index in [1.54, 1.807) is 17.1 Å². The third-order valence-corrected chi connectivity index (χ3v) is 2.83. The minimum atomic E-state index is -0.370. The van der Waals surface area contributed by atoms with E-state index in [4.69, 9.17) is 4.42 Å². The molecule has 3 aromatic rings. The van der Waals surface area contributed by atoms with Crippen LogP contribution < -0.4 is 5.63 Å². The zero-order valence-electron chi connectivity index (χ0n) is 10.0. The van der Waals surface area contributed by atoms with E-state index in [0.29, 0.717) is 5.71 Å². The SMILES string of the molecule is Cc1cc(=O)oc2c1c(C)nn2-c1cccnc1. The maximum atomic E-state index is 11.5. The molecule has 0 bridgehead atoms. The van der Waals surface area contributed by atoms with E-state index in [2.05, 4.69) is 10.1 Å². The summed E-state index contributed by atoms with van der Waals surface area (Å²) < 4.78 is 6.87. The van der Waals surface area contributed by atoms with E-state index < -0.39 is 0 Å². The third kappa shape index (κ3) is 1.52. The molecule has 5 nitrogen and oxygen atoms in total. The maximum absolute atomic E-state index is 11.5. The number of fused-ring (bicyclic) bond motifs is 1. The van der Waals surface area contributed by atoms with Crippen LogP contribution in [-0.4, -0.2) is 14.8 Å². The number of hydrogen-bond donors (Lipinski definition) is 0. The van der Waals surface area contributed by atoms with Gasteiger partial charge in [-0.05, 0) is 31.5 Å². The fourth-order valence-electron chi connectivity index (χ4n) is 2.08. The van der Waals surface area contributed by atoms with Gasteiger partial charge in [0, 0.05) is 12.3 Å². The van der Waals surface area contributed by atoms with Crippen LogP contribution in [0.5, 0.6) is 0 Å². The molecule has 0 aromatic carbocycles. The van der Waals surface area contributed by atoms with Gasteiger partial charge in [0.1, 0.15) is 0 Å². The summed E-state index contributed by atoms with van der Waals surface area (Å²) in [6.07, 6.45) is 3.36. The average molecular weight is 241 g/mol. The van der Waals surface area contributed by atoms with Gasteiger partial charge in [0.15, 0.2) is 0 Å². The van der Waals surface area contributed by atoms with E-state index in [-0.39, 0.29) is 5.63 Å². The van der Waals surface area contributed by atoms with Crippen molar-refractivity contribution in [3.05, 3.63) is 52.3 Å². The Balaban J connectivity index is 2.42. The van der Waals surface area contributed by atoms with Crippen molar-refractivity contribution in [2.45, 2.75) is 13.8 Å². The lowest BCUT2D eigenvalue weighted by Gasteiger charge is -2.00. The fourth-order valence-corrected chi connectivity index (χ4v) is 2.08. The summed E-state index contributed by atoms with van der Waals surface area (Å²) >= 11 is 0. The number of nitrogens with zero attached hydrogens (tertiary/aromatic N) is 3. The highest BCUT2D eigenvalue weighted by molar-refractivity contribution is 5.81. The first kappa shape index (κ1) is 10.7. The Kier molecular flexibility index (Phi) is 2.26. The molecule has 0 spiro atoms. The van der Waals surface area contributed by atoms with E-state index in [9.17, 15) is 4.79 Å². The Bertz CT molecular complexity index is 772. The third-order valence-electron chi connectivity index (χ3n) is 2.83. The largest absolute Gasteiger partial charge is 0.403 e. The summed E-state index contributed by atoms with van der Waals surface area (Å²) in [5.41, 5.74) is 2.56. The predicted molar refractivity (Wildman–Crippen MR) is 66.9 cm³/mol. The maximum Gasteiger partial charge on any atom is 0.337 e. The Morgan fingerprint density at radius 3 is 2.89 bits per heavy atom. The second-order valence-electron chi connectivity index (χ2n) is 4.14. The van der Waals surface area contributed by atoms with Crippen molar-refractivity contribution in [2.75, 3.05) is 0 Å². The van der Waals surface area contributed by atoms with E-state index >= 15 is 0 Å². The van der Waals surface area contributed by atoms with Gasteiger partial charge in [-0.15, -0.1) is 0 Å². The molecule has 0 unspecified atom stereocenters. The highest BCUT2D eigenvalue weighted by Gasteiger charge is 2.14. The van der Waals surface area contributed by atoms with Crippen LogP contribution in [-0.2, 0) is 0 Å². The summed E-state index contributed by atoms with van der Waals surface area (Å²) in [7, 11) is 0. The van der Waals surface area contributed by atoms with Crippen molar-refractivity contribution < 1.29 is 4.42 Å². The van der Waals surface area contributed by atoms with Crippen molar-refractivity contribution in [3.8, 4) is 5.69 Å². The van der Waals surface area contributed by atoms with E-state index in [1.165, 1.54) is 6.07 Å². The van der Waals surface area contributed by atoms with Crippen LogP contribution in [0.3, 0.4) is 0 Å². The average Bonchev–Trinajstić information content (AvgIpc) is 2.67. The van der Waals surface area contributed by atoms with Crippen molar-refractivity contribution in [1.29, 1.82) is 0 Å². The molecule has 0 saturated carbocycles. The van der Waals surface area contributed by atoms with Gasteiger partial charge in [0.25, 0.3) is 0 Å². The summed E-state index contributed by atoms with van der Waals surface area (Å²) in [6.45, 7) is 3.77. The molecule has 0 fully saturated rings. The van der Waals surface area contributed by atoms with Crippen LogP contribution in [0, 0.1) is 13.8 Å². The van der Waals surface area contributed by atoms with Crippen molar-refractivity contribution in [1.82, 2.24) is 14.8 Å². The van der Waals surface area contributed by atoms with Crippen molar-refractivity contribution in [2.24, 2.45) is 0 Å². The van der Waals surface area contributed by atoms with Crippen LogP contribution in [0.15, 0.2) is 39.8 Å². The first-order valence-corrected chi connectivity index (χ1v) is 5.57. The summed E-state index contributed by atoms with van der Waals surface area (Å²) in [5, 5.41) is 5.28. The van der Waals surface area contributed by atoms with Gasteiger partial charge in [-0.3, -0.25) is 4.98 Å². The molecule has 3 heterocycles. The van der Waals surface area contributed by atoms with Gasteiger partial charge >= 0.3 is 5.63 Å². The minimum absolute atomic E-state index is 0.370. The number of hydrogen-bond acceptors (Lipinski definition) is 4. The van der Waals surface area contributed by atoms with Crippen molar-refractivity contribution >= 4 is 11.1 Å². The van der Waals surface area contributed by atoms with Crippen LogP contribution in [0.25, 0.3) is 16.8 Å². The molecular weight excluding hydrogens is 230 g/mol. The van der Waals surface area contributed by atoms with Crippen LogP contribution in [0.4, 0.5) is 0 Å². The quantitative estimate of drug-likeness (QED) is 0.653. The van der Waals surface area contributed by atoms with Crippen LogP contribution in [0.1, 0.15) is 11.3 Å².